The van der Waals surface area contributed by atoms with Crippen LogP contribution in [0.5, 0.6) is 0 Å². The van der Waals surface area contributed by atoms with Gasteiger partial charge in [0.25, 0.3) is 0 Å². The standard InChI is InChI=1S/C20H28FNO4/c1-20(18(12-23)24-2)7-4-8-22(14-20)19(17-13-25-9-10-26-17)15-5-3-6-16(21)11-15/h6,9-11,13,18-19,23H,3-5,7-8,12,14H2,1-2H3. The molecule has 3 unspecified atom stereocenters. The number of hydrogen-bond acceptors (Lipinski definition) is 5. The van der Waals surface area contributed by atoms with Gasteiger partial charge in [0.15, 0.2) is 5.76 Å². The van der Waals surface area contributed by atoms with Gasteiger partial charge in [0.05, 0.1) is 18.8 Å². The van der Waals surface area contributed by atoms with Gasteiger partial charge in [0.2, 0.25) is 0 Å². The Morgan fingerprint density at radius 1 is 1.42 bits per heavy atom. The van der Waals surface area contributed by atoms with Crippen LogP contribution in [-0.4, -0.2) is 49.0 Å². The molecule has 0 saturated carbocycles. The maximum Gasteiger partial charge on any atom is 0.160 e. The zero-order chi connectivity index (χ0) is 18.6. The minimum atomic E-state index is -0.236. The first-order chi connectivity index (χ1) is 12.6. The highest BCUT2D eigenvalue weighted by atomic mass is 19.1. The van der Waals surface area contributed by atoms with Crippen molar-refractivity contribution in [1.82, 2.24) is 4.90 Å². The topological polar surface area (TPSA) is 51.2 Å². The second kappa shape index (κ2) is 8.37. The van der Waals surface area contributed by atoms with Crippen LogP contribution in [0.1, 0.15) is 32.6 Å². The van der Waals surface area contributed by atoms with Crippen molar-refractivity contribution >= 4 is 0 Å². The normalized spacial score (nSPS) is 29.0. The van der Waals surface area contributed by atoms with Gasteiger partial charge in [0, 0.05) is 19.1 Å². The number of rotatable bonds is 6. The molecule has 1 aliphatic carbocycles. The summed E-state index contributed by atoms with van der Waals surface area (Å²) in [5, 5.41) is 9.72. The molecule has 0 amide bonds. The van der Waals surface area contributed by atoms with E-state index in [1.54, 1.807) is 25.5 Å². The Balaban J connectivity index is 1.89. The lowest BCUT2D eigenvalue weighted by molar-refractivity contribution is -0.0749. The molecule has 6 heteroatoms. The van der Waals surface area contributed by atoms with Crippen LogP contribution in [-0.2, 0) is 14.2 Å². The number of piperidine rings is 1. The van der Waals surface area contributed by atoms with Crippen molar-refractivity contribution in [2.75, 3.05) is 26.8 Å². The van der Waals surface area contributed by atoms with Crippen molar-refractivity contribution < 1.29 is 23.7 Å². The Bertz CT molecular complexity index is 623. The van der Waals surface area contributed by atoms with E-state index < -0.39 is 0 Å². The molecule has 1 N–H and O–H groups in total. The molecule has 1 saturated heterocycles. The minimum Gasteiger partial charge on any atom is -0.466 e. The smallest absolute Gasteiger partial charge is 0.160 e. The summed E-state index contributed by atoms with van der Waals surface area (Å²) in [6.45, 7) is 3.72. The second-order valence-electron chi connectivity index (χ2n) is 7.43. The van der Waals surface area contributed by atoms with Crippen molar-refractivity contribution in [3.63, 3.8) is 0 Å². The Morgan fingerprint density at radius 2 is 2.27 bits per heavy atom. The average molecular weight is 365 g/mol. The van der Waals surface area contributed by atoms with Crippen molar-refractivity contribution in [1.29, 1.82) is 0 Å². The van der Waals surface area contributed by atoms with E-state index in [9.17, 15) is 9.50 Å². The Kier molecular flexibility index (Phi) is 6.16. The fourth-order valence-electron chi connectivity index (χ4n) is 4.27. The first-order valence-corrected chi connectivity index (χ1v) is 9.18. The largest absolute Gasteiger partial charge is 0.466 e. The van der Waals surface area contributed by atoms with E-state index in [4.69, 9.17) is 14.2 Å². The number of methoxy groups -OCH3 is 1. The van der Waals surface area contributed by atoms with Crippen molar-refractivity contribution in [3.8, 4) is 0 Å². The zero-order valence-electron chi connectivity index (χ0n) is 15.5. The number of allylic oxidation sites excluding steroid dienone is 3. The van der Waals surface area contributed by atoms with Crippen molar-refractivity contribution in [3.05, 3.63) is 48.1 Å². The summed E-state index contributed by atoms with van der Waals surface area (Å²) in [6.07, 6.45) is 11.0. The second-order valence-corrected chi connectivity index (χ2v) is 7.43. The van der Waals surface area contributed by atoms with Crippen LogP contribution in [0.3, 0.4) is 0 Å². The lowest BCUT2D eigenvalue weighted by Crippen LogP contribution is -2.53. The predicted octanol–water partition coefficient (Wildman–Crippen LogP) is 3.40. The van der Waals surface area contributed by atoms with Gasteiger partial charge in [0.1, 0.15) is 24.6 Å². The number of likely N-dealkylation sites (tertiary alicyclic amines) is 1. The van der Waals surface area contributed by atoms with Crippen molar-refractivity contribution in [2.45, 2.75) is 44.8 Å². The van der Waals surface area contributed by atoms with Gasteiger partial charge in [-0.2, -0.15) is 0 Å². The molecule has 0 bridgehead atoms. The molecule has 26 heavy (non-hydrogen) atoms. The van der Waals surface area contributed by atoms with E-state index in [0.29, 0.717) is 12.2 Å². The van der Waals surface area contributed by atoms with Crippen LogP contribution in [0, 0.1) is 5.41 Å². The highest BCUT2D eigenvalue weighted by Crippen LogP contribution is 2.39. The van der Waals surface area contributed by atoms with Gasteiger partial charge in [-0.3, -0.25) is 4.90 Å². The highest BCUT2D eigenvalue weighted by Gasteiger charge is 2.42. The molecule has 1 fully saturated rings. The number of aliphatic hydroxyl groups excluding tert-OH is 1. The maximum atomic E-state index is 13.9. The number of halogens is 1. The summed E-state index contributed by atoms with van der Waals surface area (Å²) in [5.74, 6) is 0.463. The Hall–Kier alpha value is -1.63. The van der Waals surface area contributed by atoms with Gasteiger partial charge in [-0.25, -0.2) is 4.39 Å². The molecule has 0 aromatic heterocycles. The summed E-state index contributed by atoms with van der Waals surface area (Å²) in [4.78, 5) is 2.30. The first-order valence-electron chi connectivity index (χ1n) is 9.18. The summed E-state index contributed by atoms with van der Waals surface area (Å²) >= 11 is 0. The molecule has 5 nitrogen and oxygen atoms in total. The lowest BCUT2D eigenvalue weighted by atomic mass is 9.76. The zero-order valence-corrected chi connectivity index (χ0v) is 15.5. The van der Waals surface area contributed by atoms with Gasteiger partial charge in [-0.05, 0) is 50.0 Å². The third kappa shape index (κ3) is 4.03. The third-order valence-corrected chi connectivity index (χ3v) is 5.59. The van der Waals surface area contributed by atoms with E-state index in [2.05, 4.69) is 11.8 Å². The van der Waals surface area contributed by atoms with Gasteiger partial charge in [-0.1, -0.05) is 6.92 Å². The van der Waals surface area contributed by atoms with Crippen LogP contribution in [0.2, 0.25) is 0 Å². The predicted molar refractivity (Wildman–Crippen MR) is 96.5 cm³/mol. The molecular formula is C20H28FNO4. The SMILES string of the molecule is COC(CO)C1(C)CCCN(C(C2=CC(F)=CCC2)C2=COC=CO2)C1. The maximum absolute atomic E-state index is 13.9. The van der Waals surface area contributed by atoms with Crippen LogP contribution in [0.4, 0.5) is 4.39 Å². The summed E-state index contributed by atoms with van der Waals surface area (Å²) in [7, 11) is 1.64. The summed E-state index contributed by atoms with van der Waals surface area (Å²) in [5.41, 5.74) is 0.799. The monoisotopic (exact) mass is 365 g/mol. The first kappa shape index (κ1) is 19.1. The van der Waals surface area contributed by atoms with Crippen molar-refractivity contribution in [2.24, 2.45) is 5.41 Å². The molecule has 3 rings (SSSR count). The van der Waals surface area contributed by atoms with E-state index in [0.717, 1.165) is 37.9 Å². The minimum absolute atomic E-state index is 0.0172. The van der Waals surface area contributed by atoms with Crippen LogP contribution in [0.15, 0.2) is 48.1 Å². The summed E-state index contributed by atoms with van der Waals surface area (Å²) < 4.78 is 30.5. The number of hydrogen-bond donors (Lipinski definition) is 1. The summed E-state index contributed by atoms with van der Waals surface area (Å²) in [6, 6.07) is -0.185. The van der Waals surface area contributed by atoms with Crippen LogP contribution < -0.4 is 0 Å². The molecule has 3 atom stereocenters. The quantitative estimate of drug-likeness (QED) is 0.782. The van der Waals surface area contributed by atoms with Gasteiger partial charge < -0.3 is 19.3 Å². The highest BCUT2D eigenvalue weighted by molar-refractivity contribution is 5.32. The molecule has 0 aromatic carbocycles. The van der Waals surface area contributed by atoms with E-state index in [-0.39, 0.29) is 30.0 Å². The molecule has 2 aliphatic heterocycles. The fourth-order valence-corrected chi connectivity index (χ4v) is 4.27. The number of aliphatic hydroxyl groups is 1. The molecule has 3 aliphatic rings. The van der Waals surface area contributed by atoms with E-state index >= 15 is 0 Å². The van der Waals surface area contributed by atoms with Gasteiger partial charge >= 0.3 is 0 Å². The molecular weight excluding hydrogens is 337 g/mol. The van der Waals surface area contributed by atoms with Crippen LogP contribution >= 0.6 is 0 Å². The lowest BCUT2D eigenvalue weighted by Gasteiger charge is -2.47. The third-order valence-electron chi connectivity index (χ3n) is 5.59. The Labute approximate surface area is 154 Å². The Morgan fingerprint density at radius 3 is 2.92 bits per heavy atom. The number of ether oxygens (including phenoxy) is 3. The number of nitrogens with zero attached hydrogens (tertiary/aromatic N) is 1. The fraction of sp³-hybridized carbons (Fsp3) is 0.600. The molecule has 0 radical (unpaired) electrons. The molecule has 2 heterocycles. The van der Waals surface area contributed by atoms with E-state index in [1.165, 1.54) is 12.5 Å². The van der Waals surface area contributed by atoms with E-state index in [1.807, 2.05) is 0 Å². The van der Waals surface area contributed by atoms with Gasteiger partial charge in [-0.15, -0.1) is 0 Å². The molecule has 0 spiro atoms. The van der Waals surface area contributed by atoms with Crippen LogP contribution in [0.25, 0.3) is 0 Å². The average Bonchev–Trinajstić information content (AvgIpc) is 2.64. The molecule has 0 aromatic rings. The molecule has 144 valence electrons.